The molecule has 2 aromatic rings. The van der Waals surface area contributed by atoms with E-state index in [4.69, 9.17) is 5.41 Å². The van der Waals surface area contributed by atoms with Crippen molar-refractivity contribution < 1.29 is 9.59 Å². The first-order valence-corrected chi connectivity index (χ1v) is 13.5. The van der Waals surface area contributed by atoms with Gasteiger partial charge in [-0.15, -0.1) is 0 Å². The van der Waals surface area contributed by atoms with Crippen molar-refractivity contribution in [3.63, 3.8) is 0 Å². The number of fused-ring (bicyclic) bond motifs is 1. The summed E-state index contributed by atoms with van der Waals surface area (Å²) in [5.41, 5.74) is 0.897. The zero-order chi connectivity index (χ0) is 24.4. The number of nitrogens with zero attached hydrogens (tertiary/aromatic N) is 1. The molecule has 2 aliphatic carbocycles. The summed E-state index contributed by atoms with van der Waals surface area (Å²) in [5.74, 6) is 1.25. The van der Waals surface area contributed by atoms with E-state index in [2.05, 4.69) is 15.6 Å². The number of amides is 2. The maximum absolute atomic E-state index is 13.4. The number of carbonyl (C=O) groups excluding carboxylic acids is 2. The highest BCUT2D eigenvalue weighted by atomic mass is 16.2. The molecule has 0 spiro atoms. The molecule has 3 aliphatic rings. The van der Waals surface area contributed by atoms with Crippen LogP contribution in [0.4, 0.5) is 0 Å². The number of carbonyl (C=O) groups is 2. The molecule has 0 radical (unpaired) electrons. The van der Waals surface area contributed by atoms with E-state index in [1.165, 1.54) is 37.0 Å². The summed E-state index contributed by atoms with van der Waals surface area (Å²) >= 11 is 0. The second-order valence-corrected chi connectivity index (χ2v) is 11.1. The van der Waals surface area contributed by atoms with Crippen molar-refractivity contribution in [3.05, 3.63) is 36.0 Å². The number of likely N-dealkylation sites (N-methyl/N-ethyl adjacent to an activating group) is 1. The minimum absolute atomic E-state index is 0.0440. The lowest BCUT2D eigenvalue weighted by atomic mass is 9.74. The normalized spacial score (nSPS) is 27.9. The monoisotopic (exact) mass is 477 g/mol. The van der Waals surface area contributed by atoms with E-state index in [1.807, 2.05) is 30.3 Å². The Balaban J connectivity index is 1.24. The van der Waals surface area contributed by atoms with Crippen LogP contribution >= 0.6 is 0 Å². The van der Waals surface area contributed by atoms with E-state index in [0.29, 0.717) is 17.5 Å². The average molecular weight is 478 g/mol. The SMILES string of the molecule is CN1C(=N)N[C@](CCC2CCCCC2)(CC2CCC[C@@H](NC(=O)c3cc4ccccc4[nH]3)C2)C1=O. The fraction of sp³-hybridized carbons (Fsp3) is 0.607. The molecule has 2 amide bonds. The summed E-state index contributed by atoms with van der Waals surface area (Å²) in [6.45, 7) is 0. The average Bonchev–Trinajstić information content (AvgIpc) is 3.39. The first kappa shape index (κ1) is 23.9. The quantitative estimate of drug-likeness (QED) is 0.454. The van der Waals surface area contributed by atoms with Gasteiger partial charge in [-0.25, -0.2) is 0 Å². The van der Waals surface area contributed by atoms with E-state index in [9.17, 15) is 9.59 Å². The van der Waals surface area contributed by atoms with Gasteiger partial charge in [0.1, 0.15) is 11.2 Å². The summed E-state index contributed by atoms with van der Waals surface area (Å²) in [7, 11) is 1.71. The van der Waals surface area contributed by atoms with Crippen molar-refractivity contribution in [2.75, 3.05) is 7.05 Å². The first-order valence-electron chi connectivity index (χ1n) is 13.5. The Labute approximate surface area is 207 Å². The third-order valence-corrected chi connectivity index (χ3v) is 8.64. The van der Waals surface area contributed by atoms with E-state index >= 15 is 0 Å². The summed E-state index contributed by atoms with van der Waals surface area (Å²) in [6.07, 6.45) is 13.0. The summed E-state index contributed by atoms with van der Waals surface area (Å²) < 4.78 is 0. The lowest BCUT2D eigenvalue weighted by Crippen LogP contribution is -2.50. The van der Waals surface area contributed by atoms with Crippen molar-refractivity contribution in [1.82, 2.24) is 20.5 Å². The Morgan fingerprint density at radius 1 is 1.11 bits per heavy atom. The minimum Gasteiger partial charge on any atom is -0.351 e. The molecule has 2 heterocycles. The van der Waals surface area contributed by atoms with E-state index < -0.39 is 5.54 Å². The summed E-state index contributed by atoms with van der Waals surface area (Å²) in [5, 5.41) is 15.9. The Morgan fingerprint density at radius 3 is 2.63 bits per heavy atom. The summed E-state index contributed by atoms with van der Waals surface area (Å²) in [4.78, 5) is 31.0. The van der Waals surface area contributed by atoms with Gasteiger partial charge in [0.15, 0.2) is 5.96 Å². The van der Waals surface area contributed by atoms with Crippen LogP contribution < -0.4 is 10.6 Å². The second kappa shape index (κ2) is 10.0. The molecule has 35 heavy (non-hydrogen) atoms. The van der Waals surface area contributed by atoms with Gasteiger partial charge >= 0.3 is 0 Å². The number of rotatable bonds is 7. The van der Waals surface area contributed by atoms with Crippen LogP contribution in [0.25, 0.3) is 10.9 Å². The first-order chi connectivity index (χ1) is 16.9. The van der Waals surface area contributed by atoms with Crippen LogP contribution in [0.5, 0.6) is 0 Å². The molecule has 7 nitrogen and oxygen atoms in total. The van der Waals surface area contributed by atoms with Crippen molar-refractivity contribution in [1.29, 1.82) is 5.41 Å². The number of guanidine groups is 1. The second-order valence-electron chi connectivity index (χ2n) is 11.1. The van der Waals surface area contributed by atoms with Gasteiger partial charge in [0.2, 0.25) is 0 Å². The van der Waals surface area contributed by atoms with Gasteiger partial charge in [0, 0.05) is 24.0 Å². The van der Waals surface area contributed by atoms with Crippen molar-refractivity contribution >= 4 is 28.7 Å². The summed E-state index contributed by atoms with van der Waals surface area (Å²) in [6, 6.07) is 9.95. The van der Waals surface area contributed by atoms with Gasteiger partial charge in [-0.1, -0.05) is 63.1 Å². The third kappa shape index (κ3) is 5.09. The lowest BCUT2D eigenvalue weighted by Gasteiger charge is -2.36. The maximum atomic E-state index is 13.4. The highest BCUT2D eigenvalue weighted by molar-refractivity contribution is 6.07. The number of para-hydroxylation sites is 1. The number of hydrogen-bond donors (Lipinski definition) is 4. The molecule has 2 saturated carbocycles. The van der Waals surface area contributed by atoms with Crippen LogP contribution in [-0.4, -0.2) is 46.3 Å². The van der Waals surface area contributed by atoms with E-state index in [-0.39, 0.29) is 23.8 Å². The van der Waals surface area contributed by atoms with Crippen molar-refractivity contribution in [3.8, 4) is 0 Å². The molecule has 5 rings (SSSR count). The standard InChI is InChI=1S/C28H39N5O2/c1-33-26(35)28(32-27(33)29,15-14-19-8-3-2-4-9-19)18-20-10-7-12-22(16-20)30-25(34)24-17-21-11-5-6-13-23(21)31-24/h5-6,11,13,17,19-20,22,31H,2-4,7-10,12,14-16,18H2,1H3,(H2,29,32)(H,30,34)/t20?,22-,28-/m1/s1. The molecule has 7 heteroatoms. The molecule has 1 aromatic heterocycles. The van der Waals surface area contributed by atoms with Crippen LogP contribution in [0, 0.1) is 17.2 Å². The van der Waals surface area contributed by atoms with Crippen LogP contribution in [0.15, 0.2) is 30.3 Å². The van der Waals surface area contributed by atoms with Gasteiger partial charge in [-0.05, 0) is 56.1 Å². The fourth-order valence-corrected chi connectivity index (χ4v) is 6.68. The van der Waals surface area contributed by atoms with Crippen LogP contribution in [0.1, 0.15) is 87.5 Å². The zero-order valence-electron chi connectivity index (χ0n) is 20.9. The number of hydrogen-bond acceptors (Lipinski definition) is 3. The predicted octanol–water partition coefficient (Wildman–Crippen LogP) is 4.94. The topological polar surface area (TPSA) is 101 Å². The molecule has 188 valence electrons. The molecule has 3 atom stereocenters. The molecule has 1 saturated heterocycles. The van der Waals surface area contributed by atoms with Gasteiger partial charge in [0.05, 0.1) is 0 Å². The number of aromatic amines is 1. The Bertz CT molecular complexity index is 1050. The van der Waals surface area contributed by atoms with Gasteiger partial charge in [-0.2, -0.15) is 0 Å². The predicted molar refractivity (Wildman–Crippen MR) is 138 cm³/mol. The number of nitrogens with one attached hydrogen (secondary N) is 4. The zero-order valence-corrected chi connectivity index (χ0v) is 20.9. The Hall–Kier alpha value is -2.83. The maximum Gasteiger partial charge on any atom is 0.267 e. The van der Waals surface area contributed by atoms with Crippen LogP contribution in [0.3, 0.4) is 0 Å². The van der Waals surface area contributed by atoms with E-state index in [1.54, 1.807) is 7.05 Å². The van der Waals surface area contributed by atoms with Gasteiger partial charge < -0.3 is 15.6 Å². The molecule has 4 N–H and O–H groups in total. The highest BCUT2D eigenvalue weighted by Gasteiger charge is 2.49. The van der Waals surface area contributed by atoms with Gasteiger partial charge in [-0.3, -0.25) is 19.9 Å². The van der Waals surface area contributed by atoms with Crippen molar-refractivity contribution in [2.45, 2.75) is 88.6 Å². The molecule has 1 aromatic carbocycles. The van der Waals surface area contributed by atoms with Crippen LogP contribution in [0.2, 0.25) is 0 Å². The molecule has 3 fully saturated rings. The van der Waals surface area contributed by atoms with Gasteiger partial charge in [0.25, 0.3) is 11.8 Å². The third-order valence-electron chi connectivity index (χ3n) is 8.64. The Morgan fingerprint density at radius 2 is 1.89 bits per heavy atom. The Kier molecular flexibility index (Phi) is 6.85. The molecule has 0 bridgehead atoms. The fourth-order valence-electron chi connectivity index (χ4n) is 6.68. The largest absolute Gasteiger partial charge is 0.351 e. The number of benzene rings is 1. The molecular formula is C28H39N5O2. The molecular weight excluding hydrogens is 438 g/mol. The van der Waals surface area contributed by atoms with Crippen molar-refractivity contribution in [2.24, 2.45) is 11.8 Å². The lowest BCUT2D eigenvalue weighted by molar-refractivity contribution is -0.131. The highest BCUT2D eigenvalue weighted by Crippen LogP contribution is 2.38. The molecule has 1 aliphatic heterocycles. The van der Waals surface area contributed by atoms with Crippen LogP contribution in [-0.2, 0) is 4.79 Å². The van der Waals surface area contributed by atoms with E-state index in [0.717, 1.165) is 55.8 Å². The number of aromatic nitrogens is 1. The minimum atomic E-state index is -0.670. The molecule has 1 unspecified atom stereocenters. The smallest absolute Gasteiger partial charge is 0.267 e. The number of H-pyrrole nitrogens is 1.